The Hall–Kier alpha value is -2.11. The van der Waals surface area contributed by atoms with Gasteiger partial charge in [0.15, 0.2) is 11.6 Å². The summed E-state index contributed by atoms with van der Waals surface area (Å²) in [7, 11) is 2.71. The molecule has 0 bridgehead atoms. The van der Waals surface area contributed by atoms with Crippen molar-refractivity contribution >= 4 is 17.6 Å². The Bertz CT molecular complexity index is 447. The molecule has 0 radical (unpaired) electrons. The maximum atomic E-state index is 13.4. The number of benzene rings is 1. The van der Waals surface area contributed by atoms with Crippen molar-refractivity contribution in [2.45, 2.75) is 6.42 Å². The van der Waals surface area contributed by atoms with Crippen LogP contribution >= 0.6 is 0 Å². The van der Waals surface area contributed by atoms with Gasteiger partial charge in [-0.1, -0.05) is 0 Å². The third-order valence-electron chi connectivity index (χ3n) is 2.20. The fourth-order valence-corrected chi connectivity index (χ4v) is 1.26. The molecule has 0 atom stereocenters. The zero-order valence-corrected chi connectivity index (χ0v) is 9.44. The minimum atomic E-state index is -1.23. The number of anilines is 1. The molecule has 0 heterocycles. The average Bonchev–Trinajstić information content (AvgIpc) is 2.27. The molecule has 0 saturated carbocycles. The first-order valence-electron chi connectivity index (χ1n) is 4.77. The van der Waals surface area contributed by atoms with Gasteiger partial charge in [0.2, 0.25) is 5.91 Å². The average molecular weight is 241 g/mol. The quantitative estimate of drug-likeness (QED) is 0.806. The second-order valence-corrected chi connectivity index (χ2v) is 3.34. The lowest BCUT2D eigenvalue weighted by molar-refractivity contribution is -0.140. The highest BCUT2D eigenvalue weighted by Gasteiger charge is 2.15. The number of rotatable bonds is 4. The molecule has 1 aromatic carbocycles. The Morgan fingerprint density at radius 1 is 1.47 bits per heavy atom. The van der Waals surface area contributed by atoms with Gasteiger partial charge in [0.1, 0.15) is 6.42 Å². The number of carbonyl (C=O) groups excluding carboxylic acids is 1. The van der Waals surface area contributed by atoms with E-state index in [1.54, 1.807) is 0 Å². The van der Waals surface area contributed by atoms with Gasteiger partial charge in [-0.2, -0.15) is 0 Å². The number of carboxylic acids is 1. The van der Waals surface area contributed by atoms with E-state index in [4.69, 9.17) is 9.84 Å². The molecule has 1 N–H and O–H groups in total. The molecule has 0 aromatic heterocycles. The fourth-order valence-electron chi connectivity index (χ4n) is 1.26. The Kier molecular flexibility index (Phi) is 4.03. The summed E-state index contributed by atoms with van der Waals surface area (Å²) >= 11 is 0. The molecule has 0 aliphatic carbocycles. The molecule has 0 aliphatic rings. The molecule has 0 unspecified atom stereocenters. The van der Waals surface area contributed by atoms with Crippen molar-refractivity contribution in [1.82, 2.24) is 0 Å². The summed E-state index contributed by atoms with van der Waals surface area (Å²) < 4.78 is 18.1. The van der Waals surface area contributed by atoms with E-state index in [1.807, 2.05) is 0 Å². The van der Waals surface area contributed by atoms with Crippen LogP contribution in [0.4, 0.5) is 10.1 Å². The summed E-state index contributed by atoms with van der Waals surface area (Å²) in [5.74, 6) is -2.40. The lowest BCUT2D eigenvalue weighted by Crippen LogP contribution is -2.28. The lowest BCUT2D eigenvalue weighted by atomic mass is 10.2. The van der Waals surface area contributed by atoms with E-state index in [-0.39, 0.29) is 11.4 Å². The second kappa shape index (κ2) is 5.29. The number of aliphatic carboxylic acids is 1. The zero-order valence-electron chi connectivity index (χ0n) is 9.44. The second-order valence-electron chi connectivity index (χ2n) is 3.34. The fraction of sp³-hybridized carbons (Fsp3) is 0.273. The van der Waals surface area contributed by atoms with E-state index in [0.29, 0.717) is 0 Å². The minimum absolute atomic E-state index is 0.0628. The standard InChI is InChI=1S/C11H12FNO4/c1-13(10(14)6-11(15)16)7-3-4-9(17-2)8(12)5-7/h3-5H,6H2,1-2H3,(H,15,16). The van der Waals surface area contributed by atoms with E-state index in [9.17, 15) is 14.0 Å². The topological polar surface area (TPSA) is 66.8 Å². The molecule has 5 nitrogen and oxygen atoms in total. The van der Waals surface area contributed by atoms with Crippen molar-refractivity contribution < 1.29 is 23.8 Å². The molecule has 92 valence electrons. The van der Waals surface area contributed by atoms with Crippen molar-refractivity contribution in [2.75, 3.05) is 19.1 Å². The molecule has 0 spiro atoms. The van der Waals surface area contributed by atoms with Crippen molar-refractivity contribution in [3.05, 3.63) is 24.0 Å². The first kappa shape index (κ1) is 13.0. The van der Waals surface area contributed by atoms with Crippen LogP contribution in [0.5, 0.6) is 5.75 Å². The maximum Gasteiger partial charge on any atom is 0.312 e. The van der Waals surface area contributed by atoms with Crippen molar-refractivity contribution in [3.8, 4) is 5.75 Å². The van der Waals surface area contributed by atoms with E-state index >= 15 is 0 Å². The number of carbonyl (C=O) groups is 2. The van der Waals surface area contributed by atoms with E-state index < -0.39 is 24.1 Å². The molecule has 0 saturated heterocycles. The van der Waals surface area contributed by atoms with Crippen LogP contribution in [0.2, 0.25) is 0 Å². The third-order valence-corrected chi connectivity index (χ3v) is 2.20. The lowest BCUT2D eigenvalue weighted by Gasteiger charge is -2.16. The molecule has 0 fully saturated rings. The number of halogens is 1. The Morgan fingerprint density at radius 2 is 2.12 bits per heavy atom. The van der Waals surface area contributed by atoms with Crippen molar-refractivity contribution in [2.24, 2.45) is 0 Å². The largest absolute Gasteiger partial charge is 0.494 e. The number of amides is 1. The Labute approximate surface area is 97.4 Å². The van der Waals surface area contributed by atoms with Gasteiger partial charge < -0.3 is 14.7 Å². The first-order valence-corrected chi connectivity index (χ1v) is 4.77. The molecule has 1 aromatic rings. The Balaban J connectivity index is 2.89. The monoisotopic (exact) mass is 241 g/mol. The molecule has 1 rings (SSSR count). The molecule has 17 heavy (non-hydrogen) atoms. The van der Waals surface area contributed by atoms with Crippen LogP contribution < -0.4 is 9.64 Å². The van der Waals surface area contributed by atoms with Crippen LogP contribution in [0.15, 0.2) is 18.2 Å². The predicted octanol–water partition coefficient (Wildman–Crippen LogP) is 1.27. The zero-order chi connectivity index (χ0) is 13.0. The molecular weight excluding hydrogens is 229 g/mol. The highest BCUT2D eigenvalue weighted by molar-refractivity contribution is 6.02. The SMILES string of the molecule is COc1ccc(N(C)C(=O)CC(=O)O)cc1F. The van der Waals surface area contributed by atoms with Gasteiger partial charge in [0.05, 0.1) is 7.11 Å². The molecule has 6 heteroatoms. The van der Waals surface area contributed by atoms with Crippen LogP contribution in [0, 0.1) is 5.82 Å². The van der Waals surface area contributed by atoms with Crippen LogP contribution in [0.3, 0.4) is 0 Å². The van der Waals surface area contributed by atoms with E-state index in [2.05, 4.69) is 0 Å². The number of hydrogen-bond donors (Lipinski definition) is 1. The van der Waals surface area contributed by atoms with Gasteiger partial charge in [-0.15, -0.1) is 0 Å². The minimum Gasteiger partial charge on any atom is -0.494 e. The predicted molar refractivity (Wildman–Crippen MR) is 58.6 cm³/mol. The summed E-state index contributed by atoms with van der Waals surface area (Å²) in [4.78, 5) is 22.9. The number of ether oxygens (including phenoxy) is 1. The summed E-state index contributed by atoms with van der Waals surface area (Å²) in [6.07, 6.45) is -0.635. The summed E-state index contributed by atoms with van der Waals surface area (Å²) in [6.45, 7) is 0. The Morgan fingerprint density at radius 3 is 2.59 bits per heavy atom. The normalized spacial score (nSPS) is 9.82. The van der Waals surface area contributed by atoms with Crippen LogP contribution in [0.25, 0.3) is 0 Å². The van der Waals surface area contributed by atoms with Gasteiger partial charge >= 0.3 is 5.97 Å². The molecule has 1 amide bonds. The van der Waals surface area contributed by atoms with Crippen LogP contribution in [-0.2, 0) is 9.59 Å². The molecular formula is C11H12FNO4. The number of nitrogens with zero attached hydrogens (tertiary/aromatic N) is 1. The van der Waals surface area contributed by atoms with Gasteiger partial charge in [-0.3, -0.25) is 9.59 Å². The maximum absolute atomic E-state index is 13.4. The number of methoxy groups -OCH3 is 1. The number of hydrogen-bond acceptors (Lipinski definition) is 3. The van der Waals surface area contributed by atoms with E-state index in [0.717, 1.165) is 11.0 Å². The number of carboxylic acid groups (broad SMARTS) is 1. The summed E-state index contributed by atoms with van der Waals surface area (Å²) in [5, 5.41) is 8.47. The highest BCUT2D eigenvalue weighted by Crippen LogP contribution is 2.23. The van der Waals surface area contributed by atoms with E-state index in [1.165, 1.54) is 26.3 Å². The van der Waals surface area contributed by atoms with Crippen molar-refractivity contribution in [3.63, 3.8) is 0 Å². The molecule has 0 aliphatic heterocycles. The highest BCUT2D eigenvalue weighted by atomic mass is 19.1. The third kappa shape index (κ3) is 3.17. The van der Waals surface area contributed by atoms with Crippen LogP contribution in [-0.4, -0.2) is 31.1 Å². The first-order chi connectivity index (χ1) is 7.95. The summed E-state index contributed by atoms with van der Waals surface area (Å²) in [5.41, 5.74) is 0.273. The van der Waals surface area contributed by atoms with Gasteiger partial charge in [0, 0.05) is 18.8 Å². The smallest absolute Gasteiger partial charge is 0.312 e. The van der Waals surface area contributed by atoms with Gasteiger partial charge in [-0.25, -0.2) is 4.39 Å². The van der Waals surface area contributed by atoms with Crippen LogP contribution in [0.1, 0.15) is 6.42 Å². The van der Waals surface area contributed by atoms with Gasteiger partial charge in [0.25, 0.3) is 0 Å². The summed E-state index contributed by atoms with van der Waals surface area (Å²) in [6, 6.07) is 3.95. The van der Waals surface area contributed by atoms with Gasteiger partial charge in [-0.05, 0) is 12.1 Å². The van der Waals surface area contributed by atoms with Crippen molar-refractivity contribution in [1.29, 1.82) is 0 Å².